The molecule has 1 aliphatic heterocycles. The summed E-state index contributed by atoms with van der Waals surface area (Å²) in [6, 6.07) is 13.9. The average Bonchev–Trinajstić information content (AvgIpc) is 2.39. The van der Waals surface area contributed by atoms with Crippen molar-refractivity contribution in [2.75, 3.05) is 0 Å². The van der Waals surface area contributed by atoms with E-state index in [1.807, 2.05) is 30.3 Å². The van der Waals surface area contributed by atoms with E-state index in [9.17, 15) is 9.50 Å². The summed E-state index contributed by atoms with van der Waals surface area (Å²) in [5.74, 6) is 0.0808. The van der Waals surface area contributed by atoms with Crippen LogP contribution >= 0.6 is 0 Å². The number of rotatable bonds is 1. The van der Waals surface area contributed by atoms with Crippen molar-refractivity contribution in [2.24, 2.45) is 0 Å². The van der Waals surface area contributed by atoms with E-state index < -0.39 is 6.10 Å². The van der Waals surface area contributed by atoms with Gasteiger partial charge >= 0.3 is 0 Å². The largest absolute Gasteiger partial charge is 0.485 e. The summed E-state index contributed by atoms with van der Waals surface area (Å²) in [6.45, 7) is 0. The van der Waals surface area contributed by atoms with E-state index in [-0.39, 0.29) is 11.9 Å². The second-order valence-corrected chi connectivity index (χ2v) is 4.45. The number of benzene rings is 2. The van der Waals surface area contributed by atoms with Crippen LogP contribution in [0.25, 0.3) is 0 Å². The van der Waals surface area contributed by atoms with Crippen molar-refractivity contribution in [3.8, 4) is 5.75 Å². The van der Waals surface area contributed by atoms with Crippen LogP contribution in [0.2, 0.25) is 0 Å². The highest BCUT2D eigenvalue weighted by Crippen LogP contribution is 2.40. The highest BCUT2D eigenvalue weighted by atomic mass is 19.1. The van der Waals surface area contributed by atoms with Crippen LogP contribution in [0.15, 0.2) is 48.5 Å². The highest BCUT2D eigenvalue weighted by Gasteiger charge is 2.28. The Hall–Kier alpha value is -1.87. The third kappa shape index (κ3) is 1.97. The summed E-state index contributed by atoms with van der Waals surface area (Å²) in [5.41, 5.74) is 1.65. The van der Waals surface area contributed by atoms with E-state index in [4.69, 9.17) is 4.74 Å². The Morgan fingerprint density at radius 3 is 2.67 bits per heavy atom. The summed E-state index contributed by atoms with van der Waals surface area (Å²) >= 11 is 0. The molecule has 0 saturated carbocycles. The number of aliphatic hydroxyl groups is 1. The van der Waals surface area contributed by atoms with Gasteiger partial charge in [0.15, 0.2) is 0 Å². The molecule has 2 aromatic rings. The van der Waals surface area contributed by atoms with Gasteiger partial charge in [0.1, 0.15) is 17.7 Å². The normalized spacial score (nSPS) is 22.1. The van der Waals surface area contributed by atoms with E-state index in [0.717, 1.165) is 5.56 Å². The predicted octanol–water partition coefficient (Wildman–Crippen LogP) is 3.38. The molecule has 0 amide bonds. The van der Waals surface area contributed by atoms with Gasteiger partial charge in [0.25, 0.3) is 0 Å². The monoisotopic (exact) mass is 244 g/mol. The van der Waals surface area contributed by atoms with Crippen molar-refractivity contribution >= 4 is 0 Å². The van der Waals surface area contributed by atoms with Gasteiger partial charge in [-0.3, -0.25) is 0 Å². The SMILES string of the molecule is O[C@@H]1CC(c2ccccc2)Oc2cc(F)ccc21. The van der Waals surface area contributed by atoms with Gasteiger partial charge in [0.2, 0.25) is 0 Å². The molecule has 3 heteroatoms. The van der Waals surface area contributed by atoms with Gasteiger partial charge in [0.05, 0.1) is 6.10 Å². The molecular weight excluding hydrogens is 231 g/mol. The molecule has 0 spiro atoms. The van der Waals surface area contributed by atoms with Crippen molar-refractivity contribution in [1.29, 1.82) is 0 Å². The lowest BCUT2D eigenvalue weighted by Crippen LogP contribution is -2.19. The first-order valence-corrected chi connectivity index (χ1v) is 5.93. The summed E-state index contributed by atoms with van der Waals surface area (Å²) in [7, 11) is 0. The zero-order chi connectivity index (χ0) is 12.5. The Balaban J connectivity index is 1.96. The highest BCUT2D eigenvalue weighted by molar-refractivity contribution is 5.38. The molecule has 0 aliphatic carbocycles. The van der Waals surface area contributed by atoms with Gasteiger partial charge in [0, 0.05) is 18.1 Å². The second kappa shape index (κ2) is 4.42. The van der Waals surface area contributed by atoms with Crippen molar-refractivity contribution < 1.29 is 14.2 Å². The van der Waals surface area contributed by atoms with Gasteiger partial charge in [-0.2, -0.15) is 0 Å². The summed E-state index contributed by atoms with van der Waals surface area (Å²) in [4.78, 5) is 0. The minimum Gasteiger partial charge on any atom is -0.485 e. The van der Waals surface area contributed by atoms with Gasteiger partial charge in [-0.1, -0.05) is 30.3 Å². The molecule has 1 aliphatic rings. The first kappa shape index (κ1) is 11.2. The number of fused-ring (bicyclic) bond motifs is 1. The van der Waals surface area contributed by atoms with Crippen LogP contribution in [0.3, 0.4) is 0 Å². The molecule has 1 unspecified atom stereocenters. The van der Waals surface area contributed by atoms with E-state index in [0.29, 0.717) is 17.7 Å². The fourth-order valence-electron chi connectivity index (χ4n) is 2.29. The number of hydrogen-bond donors (Lipinski definition) is 1. The average molecular weight is 244 g/mol. The Bertz CT molecular complexity index is 554. The van der Waals surface area contributed by atoms with Crippen LogP contribution in [0.4, 0.5) is 4.39 Å². The molecule has 0 bridgehead atoms. The molecule has 0 fully saturated rings. The van der Waals surface area contributed by atoms with Crippen LogP contribution in [0.1, 0.15) is 29.8 Å². The molecule has 2 nitrogen and oxygen atoms in total. The van der Waals surface area contributed by atoms with Crippen molar-refractivity contribution in [3.63, 3.8) is 0 Å². The van der Waals surface area contributed by atoms with Crippen molar-refractivity contribution in [3.05, 3.63) is 65.5 Å². The van der Waals surface area contributed by atoms with Gasteiger partial charge in [-0.05, 0) is 17.7 Å². The van der Waals surface area contributed by atoms with Crippen molar-refractivity contribution in [1.82, 2.24) is 0 Å². The molecule has 1 N–H and O–H groups in total. The maximum absolute atomic E-state index is 13.2. The Morgan fingerprint density at radius 2 is 1.89 bits per heavy atom. The molecule has 1 heterocycles. The fraction of sp³-hybridized carbons (Fsp3) is 0.200. The summed E-state index contributed by atoms with van der Waals surface area (Å²) in [6.07, 6.45) is -0.349. The molecular formula is C15H13FO2. The lowest BCUT2D eigenvalue weighted by Gasteiger charge is -2.29. The van der Waals surface area contributed by atoms with Crippen LogP contribution in [-0.2, 0) is 0 Å². The molecule has 0 radical (unpaired) electrons. The van der Waals surface area contributed by atoms with Gasteiger partial charge < -0.3 is 9.84 Å². The molecule has 3 rings (SSSR count). The van der Waals surface area contributed by atoms with Gasteiger partial charge in [-0.25, -0.2) is 4.39 Å². The van der Waals surface area contributed by atoms with Gasteiger partial charge in [-0.15, -0.1) is 0 Å². The number of hydrogen-bond acceptors (Lipinski definition) is 2. The minimum absolute atomic E-state index is 0.226. The number of aliphatic hydroxyl groups excluding tert-OH is 1. The smallest absolute Gasteiger partial charge is 0.128 e. The van der Waals surface area contributed by atoms with E-state index in [1.165, 1.54) is 12.1 Å². The number of ether oxygens (including phenoxy) is 1. The quantitative estimate of drug-likeness (QED) is 0.833. The first-order valence-electron chi connectivity index (χ1n) is 5.93. The molecule has 0 aromatic heterocycles. The van der Waals surface area contributed by atoms with Crippen LogP contribution in [0, 0.1) is 5.82 Å². The Morgan fingerprint density at radius 1 is 1.11 bits per heavy atom. The minimum atomic E-state index is -0.612. The molecule has 2 atom stereocenters. The van der Waals surface area contributed by atoms with Crippen molar-refractivity contribution in [2.45, 2.75) is 18.6 Å². The predicted molar refractivity (Wildman–Crippen MR) is 65.8 cm³/mol. The summed E-state index contributed by atoms with van der Waals surface area (Å²) < 4.78 is 19.0. The molecule has 92 valence electrons. The Kier molecular flexibility index (Phi) is 2.76. The lowest BCUT2D eigenvalue weighted by atomic mass is 9.95. The zero-order valence-electron chi connectivity index (χ0n) is 9.71. The second-order valence-electron chi connectivity index (χ2n) is 4.45. The van der Waals surface area contributed by atoms with Crippen LogP contribution < -0.4 is 4.74 Å². The number of halogens is 1. The zero-order valence-corrected chi connectivity index (χ0v) is 9.71. The molecule has 18 heavy (non-hydrogen) atoms. The topological polar surface area (TPSA) is 29.5 Å². The molecule has 2 aromatic carbocycles. The first-order chi connectivity index (χ1) is 8.74. The van der Waals surface area contributed by atoms with Crippen LogP contribution in [-0.4, -0.2) is 5.11 Å². The van der Waals surface area contributed by atoms with E-state index >= 15 is 0 Å². The fourth-order valence-corrected chi connectivity index (χ4v) is 2.29. The van der Waals surface area contributed by atoms with E-state index in [1.54, 1.807) is 6.07 Å². The van der Waals surface area contributed by atoms with E-state index in [2.05, 4.69) is 0 Å². The molecule has 0 saturated heterocycles. The lowest BCUT2D eigenvalue weighted by molar-refractivity contribution is 0.0654. The summed E-state index contributed by atoms with van der Waals surface area (Å²) in [5, 5.41) is 10.1. The third-order valence-electron chi connectivity index (χ3n) is 3.21. The van der Waals surface area contributed by atoms with Crippen LogP contribution in [0.5, 0.6) is 5.75 Å². The Labute approximate surface area is 105 Å². The maximum Gasteiger partial charge on any atom is 0.128 e. The standard InChI is InChI=1S/C15H13FO2/c16-11-6-7-12-13(17)9-14(18-15(12)8-11)10-4-2-1-3-5-10/h1-8,13-14,17H,9H2/t13-,14?/m1/s1. The maximum atomic E-state index is 13.2. The third-order valence-corrected chi connectivity index (χ3v) is 3.21.